The standard InChI is InChI=1S/C15H16F2N2O3S2/c16-11-6-9(7-12(17)14(11)24(18,21)22)13-8-23-15(20)19(13)10-4-2-1-3-5-10/h6-8,10H,1-5H2,(H2,18,21,22). The van der Waals surface area contributed by atoms with E-state index in [1.54, 1.807) is 9.95 Å². The number of sulfonamides is 1. The van der Waals surface area contributed by atoms with Crippen molar-refractivity contribution in [3.8, 4) is 11.3 Å². The SMILES string of the molecule is NS(=O)(=O)c1c(F)cc(-c2csc(=O)n2C2CCCCC2)cc1F. The summed E-state index contributed by atoms with van der Waals surface area (Å²) in [5, 5.41) is 6.38. The van der Waals surface area contributed by atoms with E-state index in [-0.39, 0.29) is 16.5 Å². The van der Waals surface area contributed by atoms with Gasteiger partial charge in [-0.2, -0.15) is 0 Å². The zero-order valence-corrected chi connectivity index (χ0v) is 14.3. The molecule has 0 aliphatic heterocycles. The van der Waals surface area contributed by atoms with Gasteiger partial charge in [-0.15, -0.1) is 0 Å². The summed E-state index contributed by atoms with van der Waals surface area (Å²) in [6, 6.07) is 1.81. The highest BCUT2D eigenvalue weighted by atomic mass is 32.2. The number of hydrogen-bond donors (Lipinski definition) is 1. The first-order chi connectivity index (χ1) is 11.3. The quantitative estimate of drug-likeness (QED) is 0.897. The van der Waals surface area contributed by atoms with Gasteiger partial charge in [0.1, 0.15) is 11.6 Å². The minimum atomic E-state index is -4.50. The van der Waals surface area contributed by atoms with E-state index in [1.807, 2.05) is 0 Å². The van der Waals surface area contributed by atoms with E-state index in [1.165, 1.54) is 0 Å². The molecule has 0 spiro atoms. The van der Waals surface area contributed by atoms with Crippen molar-refractivity contribution < 1.29 is 17.2 Å². The van der Waals surface area contributed by atoms with Crippen LogP contribution in [0, 0.1) is 11.6 Å². The Bertz CT molecular complexity index is 905. The van der Waals surface area contributed by atoms with Gasteiger partial charge in [0.15, 0.2) is 4.90 Å². The molecule has 1 aromatic carbocycles. The summed E-state index contributed by atoms with van der Waals surface area (Å²) in [7, 11) is -4.50. The molecule has 1 aliphatic carbocycles. The van der Waals surface area contributed by atoms with Crippen molar-refractivity contribution in [3.63, 3.8) is 0 Å². The first kappa shape index (κ1) is 17.2. The molecular formula is C15H16F2N2O3S2. The van der Waals surface area contributed by atoms with Gasteiger partial charge < -0.3 is 0 Å². The molecule has 1 heterocycles. The van der Waals surface area contributed by atoms with E-state index in [0.29, 0.717) is 5.69 Å². The highest BCUT2D eigenvalue weighted by molar-refractivity contribution is 7.89. The summed E-state index contributed by atoms with van der Waals surface area (Å²) in [4.78, 5) is 10.8. The van der Waals surface area contributed by atoms with Crippen molar-refractivity contribution in [3.05, 3.63) is 38.8 Å². The number of nitrogens with two attached hydrogens (primary N) is 1. The minimum absolute atomic E-state index is 0.00320. The number of nitrogens with zero attached hydrogens (tertiary/aromatic N) is 1. The second-order valence-corrected chi connectivity index (χ2v) is 8.18. The number of hydrogen-bond acceptors (Lipinski definition) is 4. The van der Waals surface area contributed by atoms with Crippen LogP contribution in [-0.2, 0) is 10.0 Å². The maximum absolute atomic E-state index is 14.1. The zero-order chi connectivity index (χ0) is 17.5. The first-order valence-corrected chi connectivity index (χ1v) is 9.94. The van der Waals surface area contributed by atoms with Crippen molar-refractivity contribution in [2.45, 2.75) is 43.0 Å². The molecule has 0 saturated heterocycles. The Hall–Kier alpha value is -1.58. The van der Waals surface area contributed by atoms with E-state index in [0.717, 1.165) is 55.6 Å². The smallest absolute Gasteiger partial charge is 0.296 e. The maximum atomic E-state index is 14.1. The van der Waals surface area contributed by atoms with Crippen LogP contribution in [0.25, 0.3) is 11.3 Å². The summed E-state index contributed by atoms with van der Waals surface area (Å²) in [6.45, 7) is 0. The van der Waals surface area contributed by atoms with Gasteiger partial charge in [0.2, 0.25) is 10.0 Å². The molecule has 0 atom stereocenters. The summed E-state index contributed by atoms with van der Waals surface area (Å²) in [6.07, 6.45) is 4.78. The van der Waals surface area contributed by atoms with Gasteiger partial charge in [0.25, 0.3) is 0 Å². The molecule has 3 rings (SSSR count). The van der Waals surface area contributed by atoms with Crippen LogP contribution in [0.4, 0.5) is 8.78 Å². The van der Waals surface area contributed by atoms with Crippen LogP contribution in [0.2, 0.25) is 0 Å². The van der Waals surface area contributed by atoms with Gasteiger partial charge in [0, 0.05) is 17.0 Å². The highest BCUT2D eigenvalue weighted by Gasteiger charge is 2.25. The van der Waals surface area contributed by atoms with E-state index >= 15 is 0 Å². The lowest BCUT2D eigenvalue weighted by molar-refractivity contribution is 0.352. The van der Waals surface area contributed by atoms with Gasteiger partial charge in [-0.3, -0.25) is 9.36 Å². The Balaban J connectivity index is 2.13. The Labute approximate surface area is 141 Å². The average molecular weight is 374 g/mol. The van der Waals surface area contributed by atoms with Crippen LogP contribution in [0.15, 0.2) is 27.2 Å². The average Bonchev–Trinajstić information content (AvgIpc) is 2.87. The Kier molecular flexibility index (Phi) is 4.58. The van der Waals surface area contributed by atoms with Gasteiger partial charge in [-0.1, -0.05) is 30.6 Å². The molecule has 0 amide bonds. The van der Waals surface area contributed by atoms with E-state index < -0.39 is 26.6 Å². The van der Waals surface area contributed by atoms with Gasteiger partial charge in [0.05, 0.1) is 5.69 Å². The fourth-order valence-electron chi connectivity index (χ4n) is 3.19. The van der Waals surface area contributed by atoms with Crippen LogP contribution < -0.4 is 10.0 Å². The minimum Gasteiger partial charge on any atom is -0.296 e. The molecule has 0 radical (unpaired) electrons. The van der Waals surface area contributed by atoms with E-state index in [4.69, 9.17) is 5.14 Å². The summed E-state index contributed by atoms with van der Waals surface area (Å²) in [5.74, 6) is -2.53. The topological polar surface area (TPSA) is 82.2 Å². The highest BCUT2D eigenvalue weighted by Crippen LogP contribution is 2.33. The summed E-state index contributed by atoms with van der Waals surface area (Å²) in [5.41, 5.74) is 0.525. The Morgan fingerprint density at radius 2 is 1.71 bits per heavy atom. The molecule has 0 unspecified atom stereocenters. The van der Waals surface area contributed by atoms with Crippen LogP contribution in [0.1, 0.15) is 38.1 Å². The summed E-state index contributed by atoms with van der Waals surface area (Å²) >= 11 is 0.961. The largest absolute Gasteiger partial charge is 0.307 e. The van der Waals surface area contributed by atoms with Crippen molar-refractivity contribution in [2.75, 3.05) is 0 Å². The number of thiazole rings is 1. The molecule has 2 aromatic rings. The van der Waals surface area contributed by atoms with Crippen LogP contribution >= 0.6 is 11.3 Å². The molecule has 1 fully saturated rings. The van der Waals surface area contributed by atoms with E-state index in [2.05, 4.69) is 0 Å². The van der Waals surface area contributed by atoms with Crippen LogP contribution in [0.3, 0.4) is 0 Å². The lowest BCUT2D eigenvalue weighted by atomic mass is 9.95. The lowest BCUT2D eigenvalue weighted by Gasteiger charge is -2.24. The monoisotopic (exact) mass is 374 g/mol. The van der Waals surface area contributed by atoms with Crippen molar-refractivity contribution in [1.82, 2.24) is 4.57 Å². The molecule has 1 saturated carbocycles. The van der Waals surface area contributed by atoms with Crippen LogP contribution in [0.5, 0.6) is 0 Å². The predicted molar refractivity (Wildman–Crippen MR) is 87.4 cm³/mol. The molecule has 2 N–H and O–H groups in total. The second-order valence-electron chi connectivity index (χ2n) is 5.86. The third-order valence-electron chi connectivity index (χ3n) is 4.25. The molecule has 5 nitrogen and oxygen atoms in total. The molecule has 130 valence electrons. The van der Waals surface area contributed by atoms with Gasteiger partial charge in [-0.05, 0) is 25.0 Å². The van der Waals surface area contributed by atoms with Gasteiger partial charge >= 0.3 is 4.87 Å². The number of aromatic nitrogens is 1. The Morgan fingerprint density at radius 3 is 2.25 bits per heavy atom. The molecule has 1 aliphatic rings. The second kappa shape index (κ2) is 6.38. The molecule has 24 heavy (non-hydrogen) atoms. The molecular weight excluding hydrogens is 358 g/mol. The third-order valence-corrected chi connectivity index (χ3v) is 5.94. The van der Waals surface area contributed by atoms with Gasteiger partial charge in [-0.25, -0.2) is 22.3 Å². The van der Waals surface area contributed by atoms with Crippen molar-refractivity contribution in [2.24, 2.45) is 5.14 Å². The summed E-state index contributed by atoms with van der Waals surface area (Å²) < 4.78 is 52.3. The first-order valence-electron chi connectivity index (χ1n) is 7.51. The molecule has 9 heteroatoms. The fraction of sp³-hybridized carbons (Fsp3) is 0.400. The normalized spacial score (nSPS) is 16.5. The molecule has 1 aromatic heterocycles. The van der Waals surface area contributed by atoms with Crippen molar-refractivity contribution >= 4 is 21.4 Å². The number of benzene rings is 1. The Morgan fingerprint density at radius 1 is 1.12 bits per heavy atom. The third kappa shape index (κ3) is 3.15. The number of halogens is 2. The fourth-order valence-corrected chi connectivity index (χ4v) is 4.67. The van der Waals surface area contributed by atoms with Crippen molar-refractivity contribution in [1.29, 1.82) is 0 Å². The predicted octanol–water partition coefficient (Wildman–Crippen LogP) is 3.01. The maximum Gasteiger partial charge on any atom is 0.307 e. The lowest BCUT2D eigenvalue weighted by Crippen LogP contribution is -2.23. The zero-order valence-electron chi connectivity index (χ0n) is 12.7. The number of rotatable bonds is 3. The molecule has 0 bridgehead atoms. The van der Waals surface area contributed by atoms with Crippen LogP contribution in [-0.4, -0.2) is 13.0 Å². The van der Waals surface area contributed by atoms with E-state index in [9.17, 15) is 22.0 Å². The number of primary sulfonamides is 1.